The largest absolute Gasteiger partial charge is 0.465 e. The Morgan fingerprint density at radius 3 is 2.87 bits per heavy atom. The Bertz CT molecular complexity index is 529. The maximum atomic E-state index is 11.4. The third kappa shape index (κ3) is 1.44. The first-order chi connectivity index (χ1) is 7.13. The minimum atomic E-state index is -0.371. The Morgan fingerprint density at radius 2 is 2.20 bits per heavy atom. The zero-order chi connectivity index (χ0) is 11.0. The molecule has 0 saturated carbocycles. The van der Waals surface area contributed by atoms with Gasteiger partial charge in [0.25, 0.3) is 0 Å². The van der Waals surface area contributed by atoms with Crippen molar-refractivity contribution in [1.29, 1.82) is 0 Å². The summed E-state index contributed by atoms with van der Waals surface area (Å²) < 4.78 is 6.57. The predicted molar refractivity (Wildman–Crippen MR) is 58.7 cm³/mol. The molecule has 2 N–H and O–H groups in total. The standard InChI is InChI=1S/C11H12N2O2/c1-13-4-3-8-9(12)5-7(6-10(8)13)11(14)15-2/h3-6H,12H2,1-2H3. The van der Waals surface area contributed by atoms with Crippen molar-refractivity contribution in [1.82, 2.24) is 4.57 Å². The first kappa shape index (κ1) is 9.58. The van der Waals surface area contributed by atoms with Crippen molar-refractivity contribution in [3.05, 3.63) is 30.0 Å². The zero-order valence-electron chi connectivity index (χ0n) is 8.65. The van der Waals surface area contributed by atoms with Crippen LogP contribution in [0.2, 0.25) is 0 Å². The molecule has 0 amide bonds. The summed E-state index contributed by atoms with van der Waals surface area (Å²) in [7, 11) is 3.26. The summed E-state index contributed by atoms with van der Waals surface area (Å²) in [5, 5.41) is 0.949. The van der Waals surface area contributed by atoms with Crippen molar-refractivity contribution in [2.75, 3.05) is 12.8 Å². The number of ether oxygens (including phenoxy) is 1. The lowest BCUT2D eigenvalue weighted by Crippen LogP contribution is -2.02. The van der Waals surface area contributed by atoms with Gasteiger partial charge < -0.3 is 15.0 Å². The molecule has 0 aliphatic rings. The van der Waals surface area contributed by atoms with E-state index < -0.39 is 0 Å². The van der Waals surface area contributed by atoms with E-state index in [0.29, 0.717) is 11.3 Å². The average Bonchev–Trinajstić information content (AvgIpc) is 2.60. The minimum absolute atomic E-state index is 0.371. The van der Waals surface area contributed by atoms with E-state index in [1.165, 1.54) is 7.11 Å². The van der Waals surface area contributed by atoms with Gasteiger partial charge in [-0.2, -0.15) is 0 Å². The topological polar surface area (TPSA) is 57.2 Å². The van der Waals surface area contributed by atoms with Crippen molar-refractivity contribution in [3.8, 4) is 0 Å². The number of nitrogen functional groups attached to an aromatic ring is 1. The van der Waals surface area contributed by atoms with E-state index in [-0.39, 0.29) is 5.97 Å². The predicted octanol–water partition coefficient (Wildman–Crippen LogP) is 1.55. The molecule has 0 bridgehead atoms. The quantitative estimate of drug-likeness (QED) is 0.566. The van der Waals surface area contributed by atoms with Crippen molar-refractivity contribution >= 4 is 22.6 Å². The van der Waals surface area contributed by atoms with Gasteiger partial charge in [-0.05, 0) is 18.2 Å². The van der Waals surface area contributed by atoms with E-state index in [0.717, 1.165) is 10.9 Å². The second kappa shape index (κ2) is 3.31. The molecule has 0 atom stereocenters. The molecule has 4 heteroatoms. The van der Waals surface area contributed by atoms with Gasteiger partial charge in [0.1, 0.15) is 0 Å². The molecule has 0 fully saturated rings. The number of methoxy groups -OCH3 is 1. The molecule has 1 aromatic carbocycles. The van der Waals surface area contributed by atoms with Crippen LogP contribution in [0.15, 0.2) is 24.4 Å². The molecule has 78 valence electrons. The average molecular weight is 204 g/mol. The number of esters is 1. The van der Waals surface area contributed by atoms with Crippen LogP contribution in [-0.4, -0.2) is 17.6 Å². The van der Waals surface area contributed by atoms with Crippen molar-refractivity contribution in [2.24, 2.45) is 7.05 Å². The van der Waals surface area contributed by atoms with Crippen LogP contribution in [0.5, 0.6) is 0 Å². The van der Waals surface area contributed by atoms with Crippen LogP contribution in [0.25, 0.3) is 10.9 Å². The van der Waals surface area contributed by atoms with Gasteiger partial charge in [0.15, 0.2) is 0 Å². The molecule has 15 heavy (non-hydrogen) atoms. The Balaban J connectivity index is 2.70. The van der Waals surface area contributed by atoms with Gasteiger partial charge in [0, 0.05) is 24.3 Å². The van der Waals surface area contributed by atoms with Gasteiger partial charge in [-0.25, -0.2) is 4.79 Å². The number of benzene rings is 1. The number of hydrogen-bond donors (Lipinski definition) is 1. The molecule has 2 aromatic rings. The number of nitrogens with zero attached hydrogens (tertiary/aromatic N) is 1. The minimum Gasteiger partial charge on any atom is -0.465 e. The normalized spacial score (nSPS) is 10.5. The highest BCUT2D eigenvalue weighted by Crippen LogP contribution is 2.24. The van der Waals surface area contributed by atoms with E-state index in [1.54, 1.807) is 12.1 Å². The highest BCUT2D eigenvalue weighted by molar-refractivity contribution is 6.00. The van der Waals surface area contributed by atoms with Crippen LogP contribution in [-0.2, 0) is 11.8 Å². The lowest BCUT2D eigenvalue weighted by Gasteiger charge is -2.04. The van der Waals surface area contributed by atoms with Gasteiger partial charge in [0.05, 0.1) is 18.2 Å². The van der Waals surface area contributed by atoms with Crippen LogP contribution in [0.1, 0.15) is 10.4 Å². The maximum Gasteiger partial charge on any atom is 0.337 e. The number of rotatable bonds is 1. The Morgan fingerprint density at radius 1 is 1.47 bits per heavy atom. The van der Waals surface area contributed by atoms with Gasteiger partial charge in [0.2, 0.25) is 0 Å². The summed E-state index contributed by atoms with van der Waals surface area (Å²) in [6, 6.07) is 5.33. The van der Waals surface area contributed by atoms with Crippen LogP contribution < -0.4 is 5.73 Å². The van der Waals surface area contributed by atoms with Gasteiger partial charge in [-0.1, -0.05) is 0 Å². The Labute approximate surface area is 87.2 Å². The van der Waals surface area contributed by atoms with Crippen molar-refractivity contribution in [3.63, 3.8) is 0 Å². The van der Waals surface area contributed by atoms with Crippen LogP contribution in [0.3, 0.4) is 0 Å². The second-order valence-corrected chi connectivity index (χ2v) is 3.42. The molecule has 0 aliphatic carbocycles. The molecular weight excluding hydrogens is 192 g/mol. The number of anilines is 1. The summed E-state index contributed by atoms with van der Waals surface area (Å²) >= 11 is 0. The van der Waals surface area contributed by atoms with Gasteiger partial charge in [-0.3, -0.25) is 0 Å². The lowest BCUT2D eigenvalue weighted by molar-refractivity contribution is 0.0601. The Kier molecular flexibility index (Phi) is 2.11. The van der Waals surface area contributed by atoms with E-state index in [2.05, 4.69) is 4.74 Å². The smallest absolute Gasteiger partial charge is 0.337 e. The fourth-order valence-corrected chi connectivity index (χ4v) is 1.64. The molecule has 2 rings (SSSR count). The number of nitrogens with two attached hydrogens (primary N) is 1. The molecule has 1 heterocycles. The third-order valence-electron chi connectivity index (χ3n) is 2.46. The molecule has 0 radical (unpaired) electrons. The molecule has 0 aliphatic heterocycles. The second-order valence-electron chi connectivity index (χ2n) is 3.42. The molecule has 4 nitrogen and oxygen atoms in total. The van der Waals surface area contributed by atoms with Crippen LogP contribution in [0, 0.1) is 0 Å². The fraction of sp³-hybridized carbons (Fsp3) is 0.182. The molecule has 1 aromatic heterocycles. The molecular formula is C11H12N2O2. The third-order valence-corrected chi connectivity index (χ3v) is 2.46. The number of hydrogen-bond acceptors (Lipinski definition) is 3. The first-order valence-corrected chi connectivity index (χ1v) is 4.56. The summed E-state index contributed by atoms with van der Waals surface area (Å²) in [5.74, 6) is -0.371. The first-order valence-electron chi connectivity index (χ1n) is 4.56. The molecule has 0 unspecified atom stereocenters. The monoisotopic (exact) mass is 204 g/mol. The van der Waals surface area contributed by atoms with E-state index in [4.69, 9.17) is 5.73 Å². The summed E-state index contributed by atoms with van der Waals surface area (Å²) in [4.78, 5) is 11.4. The summed E-state index contributed by atoms with van der Waals surface area (Å²) in [6.45, 7) is 0. The van der Waals surface area contributed by atoms with E-state index >= 15 is 0 Å². The fourth-order valence-electron chi connectivity index (χ4n) is 1.64. The SMILES string of the molecule is COC(=O)c1cc(N)c2ccn(C)c2c1. The number of aromatic nitrogens is 1. The van der Waals surface area contributed by atoms with E-state index in [9.17, 15) is 4.79 Å². The highest BCUT2D eigenvalue weighted by Gasteiger charge is 2.10. The summed E-state index contributed by atoms with van der Waals surface area (Å²) in [5.41, 5.74) is 7.84. The number of aryl methyl sites for hydroxylation is 1. The van der Waals surface area contributed by atoms with Crippen LogP contribution in [0.4, 0.5) is 5.69 Å². The highest BCUT2D eigenvalue weighted by atomic mass is 16.5. The molecule has 0 saturated heterocycles. The van der Waals surface area contributed by atoms with Gasteiger partial charge >= 0.3 is 5.97 Å². The maximum absolute atomic E-state index is 11.4. The van der Waals surface area contributed by atoms with Crippen molar-refractivity contribution < 1.29 is 9.53 Å². The van der Waals surface area contributed by atoms with E-state index in [1.807, 2.05) is 23.9 Å². The van der Waals surface area contributed by atoms with Crippen LogP contribution >= 0.6 is 0 Å². The molecule has 0 spiro atoms. The van der Waals surface area contributed by atoms with Crippen molar-refractivity contribution in [2.45, 2.75) is 0 Å². The summed E-state index contributed by atoms with van der Waals surface area (Å²) in [6.07, 6.45) is 1.90. The number of fused-ring (bicyclic) bond motifs is 1. The Hall–Kier alpha value is -1.97. The zero-order valence-corrected chi connectivity index (χ0v) is 8.65. The van der Waals surface area contributed by atoms with Gasteiger partial charge in [-0.15, -0.1) is 0 Å². The lowest BCUT2D eigenvalue weighted by atomic mass is 10.1. The number of carbonyl (C=O) groups excluding carboxylic acids is 1. The number of carbonyl (C=O) groups is 1.